The summed E-state index contributed by atoms with van der Waals surface area (Å²) in [6.07, 6.45) is 1.59. The molecule has 1 heterocycles. The van der Waals surface area contributed by atoms with E-state index < -0.39 is 0 Å². The molecule has 15 heavy (non-hydrogen) atoms. The van der Waals surface area contributed by atoms with E-state index in [0.29, 0.717) is 6.54 Å². The molecule has 4 nitrogen and oxygen atoms in total. The molecule has 2 aromatic rings. The molecule has 1 aromatic carbocycles. The summed E-state index contributed by atoms with van der Waals surface area (Å²) in [6, 6.07) is 4.52. The number of halogens is 1. The minimum absolute atomic E-state index is 0.289. The first-order chi connectivity index (χ1) is 7.22. The van der Waals surface area contributed by atoms with Crippen molar-refractivity contribution in [1.82, 2.24) is 15.0 Å². The van der Waals surface area contributed by atoms with Gasteiger partial charge in [-0.3, -0.25) is 0 Å². The average Bonchev–Trinajstić information content (AvgIpc) is 2.64. The third-order valence-corrected chi connectivity index (χ3v) is 2.28. The van der Waals surface area contributed by atoms with Gasteiger partial charge in [0.1, 0.15) is 5.82 Å². The Morgan fingerprint density at radius 2 is 2.27 bits per heavy atom. The van der Waals surface area contributed by atoms with E-state index in [4.69, 9.17) is 5.73 Å². The Morgan fingerprint density at radius 3 is 2.87 bits per heavy atom. The molecule has 0 saturated heterocycles. The quantitative estimate of drug-likeness (QED) is 0.799. The minimum atomic E-state index is -0.289. The lowest BCUT2D eigenvalue weighted by Crippen LogP contribution is -2.02. The van der Waals surface area contributed by atoms with Crippen LogP contribution >= 0.6 is 0 Å². The number of nitrogens with two attached hydrogens (primary N) is 1. The Balaban J connectivity index is 2.60. The van der Waals surface area contributed by atoms with E-state index >= 15 is 0 Å². The van der Waals surface area contributed by atoms with Gasteiger partial charge >= 0.3 is 0 Å². The predicted octanol–water partition coefficient (Wildman–Crippen LogP) is 1.08. The van der Waals surface area contributed by atoms with Crippen LogP contribution in [0.1, 0.15) is 5.56 Å². The second-order valence-electron chi connectivity index (χ2n) is 3.25. The monoisotopic (exact) mass is 206 g/mol. The van der Waals surface area contributed by atoms with Crippen molar-refractivity contribution in [3.05, 3.63) is 35.8 Å². The molecule has 0 spiro atoms. The molecule has 0 fully saturated rings. The molecule has 1 aromatic heterocycles. The third-order valence-electron chi connectivity index (χ3n) is 2.28. The van der Waals surface area contributed by atoms with Crippen molar-refractivity contribution in [1.29, 1.82) is 0 Å². The van der Waals surface area contributed by atoms with E-state index in [0.717, 1.165) is 16.8 Å². The average molecular weight is 206 g/mol. The Bertz CT molecular complexity index is 478. The maximum Gasteiger partial charge on any atom is 0.123 e. The first-order valence-electron chi connectivity index (χ1n) is 4.56. The van der Waals surface area contributed by atoms with Crippen molar-refractivity contribution in [2.45, 2.75) is 6.54 Å². The van der Waals surface area contributed by atoms with Gasteiger partial charge in [0.05, 0.1) is 11.9 Å². The number of hydrogen-bond donors (Lipinski definition) is 1. The van der Waals surface area contributed by atoms with E-state index in [1.807, 2.05) is 0 Å². The second-order valence-corrected chi connectivity index (χ2v) is 3.25. The van der Waals surface area contributed by atoms with Gasteiger partial charge in [0, 0.05) is 19.2 Å². The summed E-state index contributed by atoms with van der Waals surface area (Å²) in [6.45, 7) is 0.362. The van der Waals surface area contributed by atoms with Crippen LogP contribution in [0.3, 0.4) is 0 Å². The molecule has 0 amide bonds. The van der Waals surface area contributed by atoms with Gasteiger partial charge in [-0.15, -0.1) is 5.10 Å². The van der Waals surface area contributed by atoms with E-state index in [9.17, 15) is 4.39 Å². The smallest absolute Gasteiger partial charge is 0.123 e. The van der Waals surface area contributed by atoms with Crippen LogP contribution in [0.4, 0.5) is 4.39 Å². The molecule has 0 aliphatic rings. The molecule has 0 saturated carbocycles. The van der Waals surface area contributed by atoms with Crippen molar-refractivity contribution in [3.63, 3.8) is 0 Å². The summed E-state index contributed by atoms with van der Waals surface area (Å²) < 4.78 is 14.7. The van der Waals surface area contributed by atoms with Gasteiger partial charge in [-0.05, 0) is 17.7 Å². The SMILES string of the molecule is Cn1nncc1-c1cc(F)ccc1CN. The van der Waals surface area contributed by atoms with Gasteiger partial charge in [0.15, 0.2) is 0 Å². The number of aromatic nitrogens is 3. The van der Waals surface area contributed by atoms with Gasteiger partial charge in [-0.25, -0.2) is 9.07 Å². The van der Waals surface area contributed by atoms with Gasteiger partial charge in [-0.1, -0.05) is 11.3 Å². The molecule has 0 bridgehead atoms. The van der Waals surface area contributed by atoms with Crippen molar-refractivity contribution < 1.29 is 4.39 Å². The molecular formula is C10H11FN4. The highest BCUT2D eigenvalue weighted by atomic mass is 19.1. The fourth-order valence-electron chi connectivity index (χ4n) is 1.50. The van der Waals surface area contributed by atoms with Gasteiger partial charge in [0.2, 0.25) is 0 Å². The maximum absolute atomic E-state index is 13.1. The first-order valence-corrected chi connectivity index (χ1v) is 4.56. The van der Waals surface area contributed by atoms with Crippen LogP contribution in [-0.4, -0.2) is 15.0 Å². The van der Waals surface area contributed by atoms with Crippen LogP contribution in [-0.2, 0) is 13.6 Å². The Morgan fingerprint density at radius 1 is 1.47 bits per heavy atom. The molecular weight excluding hydrogens is 195 g/mol. The lowest BCUT2D eigenvalue weighted by molar-refractivity contribution is 0.627. The van der Waals surface area contributed by atoms with Crippen LogP contribution in [0.2, 0.25) is 0 Å². The third kappa shape index (κ3) is 1.73. The summed E-state index contributed by atoms with van der Waals surface area (Å²) >= 11 is 0. The lowest BCUT2D eigenvalue weighted by Gasteiger charge is -2.07. The topological polar surface area (TPSA) is 56.7 Å². The Hall–Kier alpha value is -1.75. The number of hydrogen-bond acceptors (Lipinski definition) is 3. The number of rotatable bonds is 2. The highest BCUT2D eigenvalue weighted by Crippen LogP contribution is 2.22. The van der Waals surface area contributed by atoms with E-state index in [1.54, 1.807) is 24.0 Å². The Labute approximate surface area is 86.5 Å². The van der Waals surface area contributed by atoms with Crippen molar-refractivity contribution in [2.24, 2.45) is 12.8 Å². The lowest BCUT2D eigenvalue weighted by atomic mass is 10.0. The summed E-state index contributed by atoms with van der Waals surface area (Å²) in [5.74, 6) is -0.289. The van der Waals surface area contributed by atoms with Crippen LogP contribution < -0.4 is 5.73 Å². The van der Waals surface area contributed by atoms with Gasteiger partial charge in [-0.2, -0.15) is 0 Å². The molecule has 0 unspecified atom stereocenters. The summed E-state index contributed by atoms with van der Waals surface area (Å²) in [5, 5.41) is 7.55. The van der Waals surface area contributed by atoms with Crippen LogP contribution in [0.15, 0.2) is 24.4 Å². The van der Waals surface area contributed by atoms with Gasteiger partial charge in [0.25, 0.3) is 0 Å². The van der Waals surface area contributed by atoms with Crippen molar-refractivity contribution >= 4 is 0 Å². The molecule has 0 aliphatic heterocycles. The standard InChI is InChI=1S/C10H11FN4/c1-15-10(6-13-14-15)9-4-8(11)3-2-7(9)5-12/h2-4,6H,5,12H2,1H3. The van der Waals surface area contributed by atoms with Crippen LogP contribution in [0.25, 0.3) is 11.3 Å². The summed E-state index contributed by atoms with van der Waals surface area (Å²) in [5.41, 5.74) is 7.96. The van der Waals surface area contributed by atoms with Crippen molar-refractivity contribution in [3.8, 4) is 11.3 Å². The predicted molar refractivity (Wildman–Crippen MR) is 54.3 cm³/mol. The second kappa shape index (κ2) is 3.78. The minimum Gasteiger partial charge on any atom is -0.326 e. The molecule has 0 radical (unpaired) electrons. The zero-order valence-corrected chi connectivity index (χ0v) is 8.31. The molecule has 2 N–H and O–H groups in total. The zero-order chi connectivity index (χ0) is 10.8. The molecule has 78 valence electrons. The number of benzene rings is 1. The fourth-order valence-corrected chi connectivity index (χ4v) is 1.50. The highest BCUT2D eigenvalue weighted by Gasteiger charge is 2.09. The first kappa shape index (κ1) is 9.79. The number of aryl methyl sites for hydroxylation is 1. The fraction of sp³-hybridized carbons (Fsp3) is 0.200. The van der Waals surface area contributed by atoms with E-state index in [2.05, 4.69) is 10.3 Å². The normalized spacial score (nSPS) is 10.6. The molecule has 0 aliphatic carbocycles. The summed E-state index contributed by atoms with van der Waals surface area (Å²) in [4.78, 5) is 0. The zero-order valence-electron chi connectivity index (χ0n) is 8.31. The maximum atomic E-state index is 13.1. The molecule has 5 heteroatoms. The Kier molecular flexibility index (Phi) is 2.47. The van der Waals surface area contributed by atoms with E-state index in [1.165, 1.54) is 12.1 Å². The van der Waals surface area contributed by atoms with E-state index in [-0.39, 0.29) is 5.82 Å². The number of nitrogens with zero attached hydrogens (tertiary/aromatic N) is 3. The largest absolute Gasteiger partial charge is 0.326 e. The highest BCUT2D eigenvalue weighted by molar-refractivity contribution is 5.63. The summed E-state index contributed by atoms with van der Waals surface area (Å²) in [7, 11) is 1.76. The molecule has 0 atom stereocenters. The van der Waals surface area contributed by atoms with Crippen LogP contribution in [0, 0.1) is 5.82 Å². The molecule has 2 rings (SSSR count). The van der Waals surface area contributed by atoms with Crippen molar-refractivity contribution in [2.75, 3.05) is 0 Å². The van der Waals surface area contributed by atoms with Crippen LogP contribution in [0.5, 0.6) is 0 Å². The van der Waals surface area contributed by atoms with Gasteiger partial charge < -0.3 is 5.73 Å².